The van der Waals surface area contributed by atoms with Crippen LogP contribution in [0.25, 0.3) is 0 Å². The molecular formula is C8H13N3O. The van der Waals surface area contributed by atoms with Crippen LogP contribution in [0.1, 0.15) is 32.0 Å². The van der Waals surface area contributed by atoms with Crippen molar-refractivity contribution < 1.29 is 5.11 Å². The van der Waals surface area contributed by atoms with Gasteiger partial charge < -0.3 is 5.11 Å². The van der Waals surface area contributed by atoms with Crippen molar-refractivity contribution in [2.45, 2.75) is 38.3 Å². The Morgan fingerprint density at radius 1 is 1.67 bits per heavy atom. The lowest BCUT2D eigenvalue weighted by Crippen LogP contribution is -2.36. The summed E-state index contributed by atoms with van der Waals surface area (Å²) in [5.74, 6) is 0.733. The van der Waals surface area contributed by atoms with Gasteiger partial charge in [-0.3, -0.25) is 0 Å². The number of rotatable bonds is 2. The second kappa shape index (κ2) is 2.55. The van der Waals surface area contributed by atoms with Crippen LogP contribution in [0.5, 0.6) is 0 Å². The van der Waals surface area contributed by atoms with Crippen LogP contribution in [0.4, 0.5) is 0 Å². The average molecular weight is 167 g/mol. The Bertz CT molecular complexity index is 278. The molecule has 0 atom stereocenters. The van der Waals surface area contributed by atoms with E-state index in [4.69, 9.17) is 0 Å². The van der Waals surface area contributed by atoms with Gasteiger partial charge in [-0.1, -0.05) is 0 Å². The van der Waals surface area contributed by atoms with E-state index < -0.39 is 5.60 Å². The van der Waals surface area contributed by atoms with Crippen molar-refractivity contribution in [2.75, 3.05) is 0 Å². The topological polar surface area (TPSA) is 50.9 Å². The maximum absolute atomic E-state index is 9.96. The quantitative estimate of drug-likeness (QED) is 0.704. The van der Waals surface area contributed by atoms with Gasteiger partial charge >= 0.3 is 0 Å². The molecule has 1 saturated carbocycles. The fourth-order valence-electron chi connectivity index (χ4n) is 1.59. The van der Waals surface area contributed by atoms with Gasteiger partial charge in [-0.2, -0.15) is 5.10 Å². The third-order valence-corrected chi connectivity index (χ3v) is 2.51. The van der Waals surface area contributed by atoms with Crippen molar-refractivity contribution >= 4 is 0 Å². The minimum Gasteiger partial charge on any atom is -0.382 e. The number of aromatic nitrogens is 3. The Balaban J connectivity index is 2.31. The van der Waals surface area contributed by atoms with Gasteiger partial charge in [0.05, 0.1) is 0 Å². The third-order valence-electron chi connectivity index (χ3n) is 2.51. The maximum Gasteiger partial charge on any atom is 0.158 e. The minimum atomic E-state index is -0.674. The van der Waals surface area contributed by atoms with Gasteiger partial charge in [-0.15, -0.1) is 0 Å². The van der Waals surface area contributed by atoms with Gasteiger partial charge in [0.2, 0.25) is 0 Å². The van der Waals surface area contributed by atoms with Crippen LogP contribution in [0, 0.1) is 0 Å². The molecule has 0 amide bonds. The summed E-state index contributed by atoms with van der Waals surface area (Å²) in [5, 5.41) is 14.0. The molecule has 4 heteroatoms. The Morgan fingerprint density at radius 2 is 2.42 bits per heavy atom. The number of hydrogen-bond donors (Lipinski definition) is 1. The molecule has 0 aromatic carbocycles. The summed E-state index contributed by atoms with van der Waals surface area (Å²) in [6, 6.07) is 0. The highest BCUT2D eigenvalue weighted by molar-refractivity contribution is 5.05. The fraction of sp³-hybridized carbons (Fsp3) is 0.750. The van der Waals surface area contributed by atoms with Crippen LogP contribution in [-0.2, 0) is 12.1 Å². The first kappa shape index (κ1) is 7.73. The molecule has 0 spiro atoms. The lowest BCUT2D eigenvalue weighted by Gasteiger charge is -2.35. The monoisotopic (exact) mass is 167 g/mol. The van der Waals surface area contributed by atoms with E-state index in [2.05, 4.69) is 10.1 Å². The summed E-state index contributed by atoms with van der Waals surface area (Å²) in [6.07, 6.45) is 4.25. The van der Waals surface area contributed by atoms with Crippen LogP contribution >= 0.6 is 0 Å². The Kier molecular flexibility index (Phi) is 1.65. The predicted molar refractivity (Wildman–Crippen MR) is 43.4 cm³/mol. The van der Waals surface area contributed by atoms with Crippen molar-refractivity contribution in [1.82, 2.24) is 14.8 Å². The van der Waals surface area contributed by atoms with E-state index in [-0.39, 0.29) is 0 Å². The molecule has 1 aromatic rings. The third kappa shape index (κ3) is 0.948. The molecule has 0 unspecified atom stereocenters. The smallest absolute Gasteiger partial charge is 0.158 e. The van der Waals surface area contributed by atoms with E-state index >= 15 is 0 Å². The van der Waals surface area contributed by atoms with Gasteiger partial charge in [0.1, 0.15) is 11.9 Å². The van der Waals surface area contributed by atoms with Crippen LogP contribution in [-0.4, -0.2) is 19.9 Å². The molecule has 12 heavy (non-hydrogen) atoms. The van der Waals surface area contributed by atoms with Gasteiger partial charge in [0, 0.05) is 6.54 Å². The highest BCUT2D eigenvalue weighted by Gasteiger charge is 2.40. The van der Waals surface area contributed by atoms with Crippen molar-refractivity contribution in [3.8, 4) is 0 Å². The molecule has 0 radical (unpaired) electrons. The average Bonchev–Trinajstić information content (AvgIpc) is 2.47. The largest absolute Gasteiger partial charge is 0.382 e. The van der Waals surface area contributed by atoms with Crippen molar-refractivity contribution in [3.05, 3.63) is 12.2 Å². The molecule has 66 valence electrons. The molecule has 0 aliphatic heterocycles. The van der Waals surface area contributed by atoms with Crippen molar-refractivity contribution in [3.63, 3.8) is 0 Å². The maximum atomic E-state index is 9.96. The standard InChI is InChI=1S/C8H13N3O/c1-2-11-7(9-6-10-11)8(12)4-3-5-8/h6,12H,2-5H2,1H3. The van der Waals surface area contributed by atoms with Crippen molar-refractivity contribution in [2.24, 2.45) is 0 Å². The SMILES string of the molecule is CCn1ncnc1C1(O)CCC1. The van der Waals surface area contributed by atoms with Gasteiger partial charge in [-0.05, 0) is 26.2 Å². The Hall–Kier alpha value is -0.900. The molecule has 1 heterocycles. The molecule has 1 aliphatic rings. The lowest BCUT2D eigenvalue weighted by atomic mass is 9.79. The van der Waals surface area contributed by atoms with Gasteiger partial charge in [0.25, 0.3) is 0 Å². The Morgan fingerprint density at radius 3 is 2.92 bits per heavy atom. The molecule has 0 saturated heterocycles. The first-order valence-electron chi connectivity index (χ1n) is 4.37. The number of aliphatic hydroxyl groups is 1. The number of nitrogens with zero attached hydrogens (tertiary/aromatic N) is 3. The Labute approximate surface area is 71.2 Å². The summed E-state index contributed by atoms with van der Waals surface area (Å²) in [6.45, 7) is 2.78. The lowest BCUT2D eigenvalue weighted by molar-refractivity contribution is -0.0501. The van der Waals surface area contributed by atoms with Gasteiger partial charge in [0.15, 0.2) is 5.82 Å². The van der Waals surface area contributed by atoms with E-state index in [1.807, 2.05) is 6.92 Å². The fourth-order valence-corrected chi connectivity index (χ4v) is 1.59. The summed E-state index contributed by atoms with van der Waals surface area (Å²) in [4.78, 5) is 4.08. The zero-order valence-electron chi connectivity index (χ0n) is 7.19. The molecule has 1 aliphatic carbocycles. The summed E-state index contributed by atoms with van der Waals surface area (Å²) in [7, 11) is 0. The second-order valence-corrected chi connectivity index (χ2v) is 3.28. The molecule has 1 aromatic heterocycles. The first-order chi connectivity index (χ1) is 5.76. The summed E-state index contributed by atoms with van der Waals surface area (Å²) in [5.41, 5.74) is -0.674. The highest BCUT2D eigenvalue weighted by atomic mass is 16.3. The zero-order chi connectivity index (χ0) is 8.60. The predicted octanol–water partition coefficient (Wildman–Crippen LogP) is 0.669. The van der Waals surface area contributed by atoms with E-state index in [1.54, 1.807) is 4.68 Å². The molecular weight excluding hydrogens is 154 g/mol. The number of aryl methyl sites for hydroxylation is 1. The number of hydrogen-bond acceptors (Lipinski definition) is 3. The second-order valence-electron chi connectivity index (χ2n) is 3.28. The molecule has 2 rings (SSSR count). The molecule has 4 nitrogen and oxygen atoms in total. The summed E-state index contributed by atoms with van der Waals surface area (Å²) >= 11 is 0. The van der Waals surface area contributed by atoms with E-state index in [0.29, 0.717) is 0 Å². The van der Waals surface area contributed by atoms with E-state index in [0.717, 1.165) is 31.6 Å². The molecule has 1 N–H and O–H groups in total. The molecule has 0 bridgehead atoms. The normalized spacial score (nSPS) is 20.5. The first-order valence-corrected chi connectivity index (χ1v) is 4.37. The minimum absolute atomic E-state index is 0.674. The van der Waals surface area contributed by atoms with Crippen LogP contribution in [0.15, 0.2) is 6.33 Å². The zero-order valence-corrected chi connectivity index (χ0v) is 7.19. The van der Waals surface area contributed by atoms with Gasteiger partial charge in [-0.25, -0.2) is 9.67 Å². The van der Waals surface area contributed by atoms with Crippen LogP contribution in [0.3, 0.4) is 0 Å². The highest BCUT2D eigenvalue weighted by Crippen LogP contribution is 2.39. The van der Waals surface area contributed by atoms with E-state index in [9.17, 15) is 5.11 Å². The van der Waals surface area contributed by atoms with Crippen LogP contribution in [0.2, 0.25) is 0 Å². The van der Waals surface area contributed by atoms with Crippen molar-refractivity contribution in [1.29, 1.82) is 0 Å². The molecule has 1 fully saturated rings. The van der Waals surface area contributed by atoms with E-state index in [1.165, 1.54) is 6.33 Å². The van der Waals surface area contributed by atoms with Crippen LogP contribution < -0.4 is 0 Å². The summed E-state index contributed by atoms with van der Waals surface area (Å²) < 4.78 is 1.76.